The van der Waals surface area contributed by atoms with Crippen LogP contribution in [0.25, 0.3) is 0 Å². The molecule has 0 aliphatic heterocycles. The molecule has 0 spiro atoms. The lowest BCUT2D eigenvalue weighted by Crippen LogP contribution is -2.30. The van der Waals surface area contributed by atoms with Crippen LogP contribution in [0.4, 0.5) is 0 Å². The number of ether oxygens (including phenoxy) is 4. The highest BCUT2D eigenvalue weighted by Gasteiger charge is 2.30. The van der Waals surface area contributed by atoms with Crippen LogP contribution in [0, 0.1) is 17.8 Å². The largest absolute Gasteiger partial charge is 0.472 e. The van der Waals surface area contributed by atoms with Gasteiger partial charge in [0.25, 0.3) is 0 Å². The van der Waals surface area contributed by atoms with Crippen molar-refractivity contribution in [2.45, 2.75) is 381 Å². The Morgan fingerprint density at radius 3 is 0.747 bits per heavy atom. The van der Waals surface area contributed by atoms with Crippen LogP contribution >= 0.6 is 15.6 Å². The summed E-state index contributed by atoms with van der Waals surface area (Å²) in [7, 11) is -9.90. The molecule has 91 heavy (non-hydrogen) atoms. The van der Waals surface area contributed by atoms with E-state index < -0.39 is 97.5 Å². The van der Waals surface area contributed by atoms with Gasteiger partial charge in [-0.3, -0.25) is 37.3 Å². The summed E-state index contributed by atoms with van der Waals surface area (Å²) in [5, 5.41) is 10.6. The van der Waals surface area contributed by atoms with Gasteiger partial charge in [0.2, 0.25) is 0 Å². The Hall–Kier alpha value is -1.94. The fraction of sp³-hybridized carbons (Fsp3) is 0.944. The van der Waals surface area contributed by atoms with Gasteiger partial charge in [-0.05, 0) is 43.4 Å². The van der Waals surface area contributed by atoms with Gasteiger partial charge >= 0.3 is 39.5 Å². The lowest BCUT2D eigenvalue weighted by atomic mass is 10.0. The van der Waals surface area contributed by atoms with E-state index in [0.717, 1.165) is 108 Å². The van der Waals surface area contributed by atoms with Crippen molar-refractivity contribution in [2.75, 3.05) is 39.6 Å². The number of unbranched alkanes of at least 4 members (excludes halogenated alkanes) is 38. The van der Waals surface area contributed by atoms with E-state index in [9.17, 15) is 43.2 Å². The fourth-order valence-electron chi connectivity index (χ4n) is 10.9. The molecule has 0 saturated carbocycles. The van der Waals surface area contributed by atoms with Gasteiger partial charge in [-0.25, -0.2) is 9.13 Å². The molecule has 2 unspecified atom stereocenters. The normalized spacial score (nSPS) is 14.2. The van der Waals surface area contributed by atoms with E-state index in [4.69, 9.17) is 37.0 Å². The number of rotatable bonds is 70. The number of phosphoric ester groups is 2. The third-order valence-corrected chi connectivity index (χ3v) is 18.5. The lowest BCUT2D eigenvalue weighted by Gasteiger charge is -2.21. The van der Waals surface area contributed by atoms with Crippen LogP contribution in [0.1, 0.15) is 363 Å². The molecule has 0 aromatic rings. The van der Waals surface area contributed by atoms with E-state index in [0.29, 0.717) is 25.7 Å². The number of carbonyl (C=O) groups excluding carboxylic acids is 4. The monoisotopic (exact) mass is 1340 g/mol. The zero-order valence-corrected chi connectivity index (χ0v) is 61.1. The Labute approximate surface area is 556 Å². The van der Waals surface area contributed by atoms with Gasteiger partial charge < -0.3 is 33.8 Å². The topological polar surface area (TPSA) is 237 Å². The number of hydrogen-bond donors (Lipinski definition) is 3. The standard InChI is InChI=1S/C72H140O17P2/c1-8-9-10-11-12-13-25-32-39-46-53-69(74)82-59-68(89-72(77)56-49-42-35-28-21-24-31-38-45-52-65(6)7)62-87-91(80,81)85-58-66(73)57-84-90(78,79)86-61-67(60-83-70(75)54-47-40-33-26-20-16-18-23-30-37-44-51-64(4)5)88-71(76)55-48-41-34-27-19-15-14-17-22-29-36-43-50-63(2)3/h63-68,73H,8-62H2,1-7H3,(H,78,79)(H,80,81)/t66-,67-,68-/m1/s1. The van der Waals surface area contributed by atoms with Gasteiger partial charge in [0, 0.05) is 25.7 Å². The van der Waals surface area contributed by atoms with Gasteiger partial charge in [0.15, 0.2) is 12.2 Å². The fourth-order valence-corrected chi connectivity index (χ4v) is 12.5. The van der Waals surface area contributed by atoms with Crippen molar-refractivity contribution in [3.8, 4) is 0 Å². The first-order valence-corrected chi connectivity index (χ1v) is 40.3. The van der Waals surface area contributed by atoms with Crippen LogP contribution in [0.3, 0.4) is 0 Å². The summed E-state index contributed by atoms with van der Waals surface area (Å²) >= 11 is 0. The molecule has 0 aliphatic carbocycles. The maximum Gasteiger partial charge on any atom is 0.472 e. The van der Waals surface area contributed by atoms with Crippen molar-refractivity contribution in [1.29, 1.82) is 0 Å². The molecule has 0 fully saturated rings. The van der Waals surface area contributed by atoms with Crippen molar-refractivity contribution >= 4 is 39.5 Å². The second-order valence-corrected chi connectivity index (χ2v) is 30.3. The summed E-state index contributed by atoms with van der Waals surface area (Å²) in [5.41, 5.74) is 0. The number of hydrogen-bond acceptors (Lipinski definition) is 15. The first-order valence-electron chi connectivity index (χ1n) is 37.3. The third kappa shape index (κ3) is 66.5. The van der Waals surface area contributed by atoms with Crippen LogP contribution in [0.15, 0.2) is 0 Å². The van der Waals surface area contributed by atoms with Gasteiger partial charge in [-0.1, -0.05) is 312 Å². The zero-order chi connectivity index (χ0) is 67.3. The summed E-state index contributed by atoms with van der Waals surface area (Å²) in [6.45, 7) is 11.9. The highest BCUT2D eigenvalue weighted by molar-refractivity contribution is 7.47. The van der Waals surface area contributed by atoms with Crippen LogP contribution in [0.2, 0.25) is 0 Å². The Balaban J connectivity index is 5.26. The Morgan fingerprint density at radius 1 is 0.297 bits per heavy atom. The molecule has 19 heteroatoms. The van der Waals surface area contributed by atoms with Crippen molar-refractivity contribution in [3.63, 3.8) is 0 Å². The quantitative estimate of drug-likeness (QED) is 0.0222. The SMILES string of the molecule is CCCCCCCCCCCCC(=O)OC[C@H](COP(=O)(O)OC[C@H](O)COP(=O)(O)OC[C@@H](COC(=O)CCCCCCCCCCCCCC(C)C)OC(=O)CCCCCCCCCCCCCCC(C)C)OC(=O)CCCCCCCCCCCC(C)C. The molecule has 0 bridgehead atoms. The molecule has 0 rings (SSSR count). The van der Waals surface area contributed by atoms with Gasteiger partial charge in [0.05, 0.1) is 26.4 Å². The highest BCUT2D eigenvalue weighted by Crippen LogP contribution is 2.45. The summed E-state index contributed by atoms with van der Waals surface area (Å²) in [4.78, 5) is 72.6. The van der Waals surface area contributed by atoms with Crippen LogP contribution < -0.4 is 0 Å². The van der Waals surface area contributed by atoms with Crippen molar-refractivity contribution in [1.82, 2.24) is 0 Å². The third-order valence-electron chi connectivity index (χ3n) is 16.6. The zero-order valence-electron chi connectivity index (χ0n) is 59.3. The van der Waals surface area contributed by atoms with Gasteiger partial charge in [-0.15, -0.1) is 0 Å². The maximum absolute atomic E-state index is 13.0. The molecule has 0 radical (unpaired) electrons. The highest BCUT2D eigenvalue weighted by atomic mass is 31.2. The Bertz CT molecular complexity index is 1780. The average Bonchev–Trinajstić information content (AvgIpc) is 3.28. The molecular formula is C72H140O17P2. The maximum atomic E-state index is 13.0. The van der Waals surface area contributed by atoms with Crippen LogP contribution in [0.5, 0.6) is 0 Å². The van der Waals surface area contributed by atoms with E-state index in [1.165, 1.54) is 173 Å². The molecule has 3 N–H and O–H groups in total. The van der Waals surface area contributed by atoms with Gasteiger partial charge in [-0.2, -0.15) is 0 Å². The van der Waals surface area contributed by atoms with E-state index in [2.05, 4.69) is 48.5 Å². The average molecular weight is 1340 g/mol. The summed E-state index contributed by atoms with van der Waals surface area (Å²) < 4.78 is 68.4. The predicted molar refractivity (Wildman–Crippen MR) is 368 cm³/mol. The second-order valence-electron chi connectivity index (χ2n) is 27.4. The molecule has 0 aromatic carbocycles. The number of phosphoric acid groups is 2. The molecule has 540 valence electrons. The molecule has 0 saturated heterocycles. The molecule has 0 aliphatic rings. The summed E-state index contributed by atoms with van der Waals surface area (Å²) in [6, 6.07) is 0. The number of aliphatic hydroxyl groups excluding tert-OH is 1. The second kappa shape index (κ2) is 62.8. The van der Waals surface area contributed by atoms with Crippen molar-refractivity contribution < 1.29 is 80.2 Å². The lowest BCUT2D eigenvalue weighted by molar-refractivity contribution is -0.161. The van der Waals surface area contributed by atoms with E-state index in [1.54, 1.807) is 0 Å². The molecule has 0 aromatic heterocycles. The van der Waals surface area contributed by atoms with E-state index in [-0.39, 0.29) is 25.7 Å². The first kappa shape index (κ1) is 89.1. The predicted octanol–water partition coefficient (Wildman–Crippen LogP) is 20.6. The Kier molecular flexibility index (Phi) is 61.5. The molecule has 5 atom stereocenters. The minimum absolute atomic E-state index is 0.105. The molecule has 17 nitrogen and oxygen atoms in total. The number of carbonyl (C=O) groups is 4. The minimum atomic E-state index is -4.95. The molecular weight excluding hydrogens is 1200 g/mol. The van der Waals surface area contributed by atoms with E-state index in [1.807, 2.05) is 0 Å². The molecule has 0 heterocycles. The molecule has 0 amide bonds. The van der Waals surface area contributed by atoms with Crippen molar-refractivity contribution in [2.24, 2.45) is 17.8 Å². The summed E-state index contributed by atoms with van der Waals surface area (Å²) in [5.74, 6) is 0.161. The first-order chi connectivity index (χ1) is 43.7. The Morgan fingerprint density at radius 2 is 0.505 bits per heavy atom. The van der Waals surface area contributed by atoms with Crippen LogP contribution in [-0.2, 0) is 65.4 Å². The number of aliphatic hydroxyl groups is 1. The van der Waals surface area contributed by atoms with Crippen molar-refractivity contribution in [3.05, 3.63) is 0 Å². The van der Waals surface area contributed by atoms with E-state index >= 15 is 0 Å². The van der Waals surface area contributed by atoms with Crippen LogP contribution in [-0.4, -0.2) is 96.7 Å². The summed E-state index contributed by atoms with van der Waals surface area (Å²) in [6.07, 6.45) is 47.1. The van der Waals surface area contributed by atoms with Gasteiger partial charge in [0.1, 0.15) is 19.3 Å². The smallest absolute Gasteiger partial charge is 0.462 e. The number of esters is 4. The minimum Gasteiger partial charge on any atom is -0.462 e.